The molecule has 1 unspecified atom stereocenters. The summed E-state index contributed by atoms with van der Waals surface area (Å²) in [4.78, 5) is 1.55. The van der Waals surface area contributed by atoms with Crippen LogP contribution in [-0.4, -0.2) is 17.3 Å². The summed E-state index contributed by atoms with van der Waals surface area (Å²) >= 11 is 1.89. The molecule has 2 nitrogen and oxygen atoms in total. The Hall–Kier alpha value is -0.380. The fourth-order valence-corrected chi connectivity index (χ4v) is 4.21. The van der Waals surface area contributed by atoms with Crippen molar-refractivity contribution < 1.29 is 5.11 Å². The van der Waals surface area contributed by atoms with Crippen LogP contribution in [0.15, 0.2) is 11.4 Å². The number of rotatable bonds is 2. The first-order chi connectivity index (χ1) is 8.34. The zero-order valence-electron chi connectivity index (χ0n) is 10.2. The molecule has 0 aliphatic heterocycles. The van der Waals surface area contributed by atoms with Crippen molar-refractivity contribution in [3.05, 3.63) is 21.9 Å². The molecule has 1 aromatic rings. The number of thiophene rings is 1. The number of hydrogen-bond donors (Lipinski definition) is 2. The molecule has 94 valence electrons. The highest BCUT2D eigenvalue weighted by Crippen LogP contribution is 2.34. The lowest BCUT2D eigenvalue weighted by Gasteiger charge is -2.34. The first-order valence-corrected chi connectivity index (χ1v) is 7.73. The second kappa shape index (κ2) is 5.09. The Balaban J connectivity index is 1.70. The van der Waals surface area contributed by atoms with Crippen molar-refractivity contribution in [3.63, 3.8) is 0 Å². The number of fused-ring (bicyclic) bond motifs is 1. The zero-order chi connectivity index (χ0) is 11.7. The highest BCUT2D eigenvalue weighted by molar-refractivity contribution is 7.10. The maximum absolute atomic E-state index is 10.0. The first kappa shape index (κ1) is 11.7. The van der Waals surface area contributed by atoms with Gasteiger partial charge < -0.3 is 10.4 Å². The fraction of sp³-hybridized carbons (Fsp3) is 0.714. The van der Waals surface area contributed by atoms with Gasteiger partial charge in [-0.2, -0.15) is 0 Å². The molecule has 0 saturated heterocycles. The molecule has 1 heterocycles. The Morgan fingerprint density at radius 1 is 1.18 bits per heavy atom. The molecule has 2 N–H and O–H groups in total. The maximum Gasteiger partial charge on any atom is 0.0693 e. The molecular formula is C14H21NOS. The quantitative estimate of drug-likeness (QED) is 0.847. The lowest BCUT2D eigenvalue weighted by molar-refractivity contribution is 0.0835. The second-order valence-corrected chi connectivity index (χ2v) is 6.37. The summed E-state index contributed by atoms with van der Waals surface area (Å²) < 4.78 is 0. The van der Waals surface area contributed by atoms with E-state index in [4.69, 9.17) is 0 Å². The molecule has 0 aromatic carbocycles. The van der Waals surface area contributed by atoms with Gasteiger partial charge in [0.25, 0.3) is 0 Å². The van der Waals surface area contributed by atoms with Crippen LogP contribution in [-0.2, 0) is 6.42 Å². The van der Waals surface area contributed by atoms with Crippen molar-refractivity contribution in [3.8, 4) is 0 Å². The van der Waals surface area contributed by atoms with Crippen LogP contribution in [0.4, 0.5) is 0 Å². The van der Waals surface area contributed by atoms with Crippen molar-refractivity contribution in [2.45, 2.75) is 63.1 Å². The van der Waals surface area contributed by atoms with Crippen molar-refractivity contribution in [1.82, 2.24) is 5.32 Å². The van der Waals surface area contributed by atoms with Gasteiger partial charge >= 0.3 is 0 Å². The minimum Gasteiger partial charge on any atom is -0.392 e. The van der Waals surface area contributed by atoms with Gasteiger partial charge in [0.1, 0.15) is 0 Å². The smallest absolute Gasteiger partial charge is 0.0693 e. The van der Waals surface area contributed by atoms with Gasteiger partial charge in [0.15, 0.2) is 0 Å². The van der Waals surface area contributed by atoms with E-state index in [0.29, 0.717) is 12.1 Å². The predicted octanol–water partition coefficient (Wildman–Crippen LogP) is 3.02. The van der Waals surface area contributed by atoms with Gasteiger partial charge in [0, 0.05) is 17.0 Å². The van der Waals surface area contributed by atoms with E-state index in [1.165, 1.54) is 37.7 Å². The minimum atomic E-state index is -0.132. The van der Waals surface area contributed by atoms with E-state index < -0.39 is 0 Å². The molecule has 0 amide bonds. The molecule has 2 aliphatic carbocycles. The average Bonchev–Trinajstić information content (AvgIpc) is 2.81. The predicted molar refractivity (Wildman–Crippen MR) is 71.4 cm³/mol. The third-order valence-electron chi connectivity index (χ3n) is 4.20. The summed E-state index contributed by atoms with van der Waals surface area (Å²) in [5.41, 5.74) is 1.50. The maximum atomic E-state index is 10.0. The molecule has 1 aromatic heterocycles. The van der Waals surface area contributed by atoms with Crippen LogP contribution in [0.3, 0.4) is 0 Å². The Kier molecular flexibility index (Phi) is 3.50. The van der Waals surface area contributed by atoms with Gasteiger partial charge in [-0.3, -0.25) is 0 Å². The van der Waals surface area contributed by atoms with Crippen LogP contribution in [0.2, 0.25) is 0 Å². The summed E-state index contributed by atoms with van der Waals surface area (Å²) in [6, 6.07) is 3.08. The lowest BCUT2D eigenvalue weighted by atomic mass is 9.88. The Morgan fingerprint density at radius 2 is 2.06 bits per heavy atom. The molecule has 3 heteroatoms. The van der Waals surface area contributed by atoms with Crippen molar-refractivity contribution in [2.75, 3.05) is 0 Å². The molecular weight excluding hydrogens is 230 g/mol. The largest absolute Gasteiger partial charge is 0.392 e. The third-order valence-corrected chi connectivity index (χ3v) is 5.19. The second-order valence-electron chi connectivity index (χ2n) is 5.37. The zero-order valence-corrected chi connectivity index (χ0v) is 11.0. The van der Waals surface area contributed by atoms with Gasteiger partial charge in [-0.15, -0.1) is 11.3 Å². The highest BCUT2D eigenvalue weighted by atomic mass is 32.1. The molecule has 1 saturated carbocycles. The van der Waals surface area contributed by atoms with Crippen LogP contribution in [0, 0.1) is 0 Å². The topological polar surface area (TPSA) is 32.3 Å². The van der Waals surface area contributed by atoms with Gasteiger partial charge in [-0.25, -0.2) is 0 Å². The monoisotopic (exact) mass is 251 g/mol. The number of hydrogen-bond acceptors (Lipinski definition) is 3. The van der Waals surface area contributed by atoms with Crippen LogP contribution in [0.5, 0.6) is 0 Å². The van der Waals surface area contributed by atoms with Crippen LogP contribution in [0.25, 0.3) is 0 Å². The van der Waals surface area contributed by atoms with E-state index >= 15 is 0 Å². The SMILES string of the molecule is O[C@H]1CCCC[C@@H]1NC1CCCc2sccc21. The number of aryl methyl sites for hydroxylation is 1. The molecule has 17 heavy (non-hydrogen) atoms. The van der Waals surface area contributed by atoms with Crippen LogP contribution in [0.1, 0.15) is 55.0 Å². The van der Waals surface area contributed by atoms with Gasteiger partial charge in [-0.05, 0) is 49.1 Å². The Labute approximate surface area is 107 Å². The third kappa shape index (κ3) is 2.42. The minimum absolute atomic E-state index is 0.132. The summed E-state index contributed by atoms with van der Waals surface area (Å²) in [5, 5.41) is 16.0. The summed E-state index contributed by atoms with van der Waals surface area (Å²) in [7, 11) is 0. The number of aliphatic hydroxyl groups excluding tert-OH is 1. The average molecular weight is 251 g/mol. The lowest BCUT2D eigenvalue weighted by Crippen LogP contribution is -2.44. The molecule has 0 radical (unpaired) electrons. The van der Waals surface area contributed by atoms with Crippen molar-refractivity contribution in [1.29, 1.82) is 0 Å². The van der Waals surface area contributed by atoms with Crippen LogP contribution < -0.4 is 5.32 Å². The van der Waals surface area contributed by atoms with E-state index in [9.17, 15) is 5.11 Å². The van der Waals surface area contributed by atoms with Crippen molar-refractivity contribution in [2.24, 2.45) is 0 Å². The Morgan fingerprint density at radius 3 is 2.94 bits per heavy atom. The molecule has 0 bridgehead atoms. The highest BCUT2D eigenvalue weighted by Gasteiger charge is 2.28. The summed E-state index contributed by atoms with van der Waals surface area (Å²) in [5.74, 6) is 0. The van der Waals surface area contributed by atoms with Gasteiger partial charge in [0.2, 0.25) is 0 Å². The number of nitrogens with one attached hydrogen (secondary N) is 1. The normalized spacial score (nSPS) is 33.4. The Bertz CT molecular complexity index is 376. The van der Waals surface area contributed by atoms with E-state index in [-0.39, 0.29) is 6.10 Å². The van der Waals surface area contributed by atoms with E-state index in [1.807, 2.05) is 11.3 Å². The summed E-state index contributed by atoms with van der Waals surface area (Å²) in [6.45, 7) is 0. The molecule has 3 rings (SSSR count). The van der Waals surface area contributed by atoms with Gasteiger partial charge in [-0.1, -0.05) is 12.8 Å². The molecule has 2 aliphatic rings. The van der Waals surface area contributed by atoms with E-state index in [2.05, 4.69) is 16.8 Å². The molecule has 1 fully saturated rings. The van der Waals surface area contributed by atoms with E-state index in [0.717, 1.165) is 12.8 Å². The standard InChI is InChI=1S/C14H21NOS/c16-13-6-2-1-4-12(13)15-11-5-3-7-14-10(11)8-9-17-14/h8-9,11-13,15-16H,1-7H2/t11?,12-,13-/m0/s1. The van der Waals surface area contributed by atoms with Crippen LogP contribution >= 0.6 is 11.3 Å². The molecule has 0 spiro atoms. The summed E-state index contributed by atoms with van der Waals surface area (Å²) in [6.07, 6.45) is 8.19. The molecule has 3 atom stereocenters. The fourth-order valence-electron chi connectivity index (χ4n) is 3.22. The van der Waals surface area contributed by atoms with Crippen molar-refractivity contribution >= 4 is 11.3 Å². The first-order valence-electron chi connectivity index (χ1n) is 6.85. The van der Waals surface area contributed by atoms with Gasteiger partial charge in [0.05, 0.1) is 6.10 Å². The van der Waals surface area contributed by atoms with E-state index in [1.54, 1.807) is 4.88 Å². The number of aliphatic hydroxyl groups is 1.